The molecule has 1 fully saturated rings. The first-order valence-corrected chi connectivity index (χ1v) is 7.81. The van der Waals surface area contributed by atoms with Gasteiger partial charge in [0.15, 0.2) is 11.6 Å². The lowest BCUT2D eigenvalue weighted by Gasteiger charge is -2.17. The highest BCUT2D eigenvalue weighted by molar-refractivity contribution is 5.95. The van der Waals surface area contributed by atoms with E-state index in [1.54, 1.807) is 4.90 Å². The molecule has 0 aliphatic carbocycles. The van der Waals surface area contributed by atoms with Crippen LogP contribution in [-0.4, -0.2) is 22.4 Å². The van der Waals surface area contributed by atoms with E-state index in [9.17, 15) is 9.18 Å². The summed E-state index contributed by atoms with van der Waals surface area (Å²) in [6, 6.07) is 7.73. The van der Waals surface area contributed by atoms with E-state index in [0.717, 1.165) is 24.2 Å². The second-order valence-corrected chi connectivity index (χ2v) is 5.51. The van der Waals surface area contributed by atoms with Crippen LogP contribution in [-0.2, 0) is 17.8 Å². The van der Waals surface area contributed by atoms with Gasteiger partial charge in [-0.15, -0.1) is 0 Å². The predicted octanol–water partition coefficient (Wildman–Crippen LogP) is 2.92. The number of aryl methyl sites for hydroxylation is 1. The average molecular weight is 314 g/mol. The van der Waals surface area contributed by atoms with Crippen molar-refractivity contribution >= 4 is 17.4 Å². The third-order valence-electron chi connectivity index (χ3n) is 3.95. The van der Waals surface area contributed by atoms with Gasteiger partial charge in [-0.05, 0) is 30.5 Å². The topological polar surface area (TPSA) is 58.1 Å². The number of rotatable bonds is 5. The molecule has 1 aromatic carbocycles. The summed E-state index contributed by atoms with van der Waals surface area (Å²) >= 11 is 0. The molecule has 2 heterocycles. The van der Waals surface area contributed by atoms with Gasteiger partial charge in [-0.1, -0.05) is 19.1 Å². The molecule has 1 N–H and O–H groups in total. The molecular weight excluding hydrogens is 295 g/mol. The van der Waals surface area contributed by atoms with Crippen LogP contribution < -0.4 is 10.2 Å². The van der Waals surface area contributed by atoms with Gasteiger partial charge < -0.3 is 10.2 Å². The molecule has 2 aromatic rings. The summed E-state index contributed by atoms with van der Waals surface area (Å²) in [6.07, 6.45) is 3.39. The van der Waals surface area contributed by atoms with E-state index in [-0.39, 0.29) is 11.7 Å². The molecule has 1 saturated heterocycles. The first-order chi connectivity index (χ1) is 11.2. The Bertz CT molecular complexity index is 719. The molecular formula is C17H19FN4O. The van der Waals surface area contributed by atoms with Gasteiger partial charge in [0.1, 0.15) is 6.33 Å². The van der Waals surface area contributed by atoms with Crippen LogP contribution in [0.3, 0.4) is 0 Å². The number of hydrogen-bond donors (Lipinski definition) is 1. The molecule has 0 bridgehead atoms. The van der Waals surface area contributed by atoms with E-state index in [0.29, 0.717) is 25.1 Å². The third-order valence-corrected chi connectivity index (χ3v) is 3.95. The Morgan fingerprint density at radius 1 is 1.35 bits per heavy atom. The number of nitrogens with zero attached hydrogens (tertiary/aromatic N) is 3. The Balaban J connectivity index is 1.73. The number of amides is 1. The Kier molecular flexibility index (Phi) is 4.50. The van der Waals surface area contributed by atoms with E-state index in [1.165, 1.54) is 6.33 Å². The lowest BCUT2D eigenvalue weighted by Crippen LogP contribution is -2.23. The second kappa shape index (κ2) is 6.73. The van der Waals surface area contributed by atoms with Gasteiger partial charge in [-0.2, -0.15) is 0 Å². The average Bonchev–Trinajstić information content (AvgIpc) is 3.00. The molecule has 0 atom stereocenters. The lowest BCUT2D eigenvalue weighted by atomic mass is 10.2. The normalized spacial score (nSPS) is 14.3. The number of aromatic nitrogens is 2. The first kappa shape index (κ1) is 15.4. The summed E-state index contributed by atoms with van der Waals surface area (Å²) in [5.74, 6) is -0.0371. The van der Waals surface area contributed by atoms with Crippen molar-refractivity contribution in [2.75, 3.05) is 16.8 Å². The minimum absolute atomic E-state index is 0.157. The Morgan fingerprint density at radius 2 is 2.22 bits per heavy atom. The van der Waals surface area contributed by atoms with Gasteiger partial charge in [-0.3, -0.25) is 4.79 Å². The van der Waals surface area contributed by atoms with Crippen LogP contribution in [0.5, 0.6) is 0 Å². The molecule has 3 rings (SSSR count). The third kappa shape index (κ3) is 3.31. The number of hydrogen-bond acceptors (Lipinski definition) is 4. The van der Waals surface area contributed by atoms with E-state index in [2.05, 4.69) is 15.3 Å². The molecule has 0 saturated carbocycles. The van der Waals surface area contributed by atoms with Gasteiger partial charge in [0.05, 0.1) is 5.69 Å². The second-order valence-electron chi connectivity index (χ2n) is 5.51. The molecule has 1 aromatic heterocycles. The number of halogens is 1. The van der Waals surface area contributed by atoms with Crippen molar-refractivity contribution in [3.63, 3.8) is 0 Å². The fourth-order valence-corrected chi connectivity index (χ4v) is 2.72. The largest absolute Gasteiger partial charge is 0.363 e. The summed E-state index contributed by atoms with van der Waals surface area (Å²) in [7, 11) is 0. The van der Waals surface area contributed by atoms with Crippen LogP contribution in [0.4, 0.5) is 15.9 Å². The fraction of sp³-hybridized carbons (Fsp3) is 0.353. The maximum Gasteiger partial charge on any atom is 0.227 e. The fourth-order valence-electron chi connectivity index (χ4n) is 2.72. The van der Waals surface area contributed by atoms with Crippen LogP contribution >= 0.6 is 0 Å². The molecule has 0 unspecified atom stereocenters. The minimum atomic E-state index is -0.402. The highest BCUT2D eigenvalue weighted by Gasteiger charge is 2.21. The maximum absolute atomic E-state index is 14.1. The first-order valence-electron chi connectivity index (χ1n) is 7.81. The summed E-state index contributed by atoms with van der Waals surface area (Å²) in [5, 5.41) is 3.00. The SMILES string of the molecule is CCc1ncnc(NCc2cccc(N3CCCC3=O)c2)c1F. The van der Waals surface area contributed by atoms with Crippen LogP contribution in [0.1, 0.15) is 31.0 Å². The van der Waals surface area contributed by atoms with Crippen molar-refractivity contribution in [1.29, 1.82) is 0 Å². The minimum Gasteiger partial charge on any atom is -0.363 e. The highest BCUT2D eigenvalue weighted by atomic mass is 19.1. The summed E-state index contributed by atoms with van der Waals surface area (Å²) < 4.78 is 14.1. The molecule has 1 amide bonds. The quantitative estimate of drug-likeness (QED) is 0.922. The molecule has 1 aliphatic heterocycles. The molecule has 120 valence electrons. The van der Waals surface area contributed by atoms with E-state index in [1.807, 2.05) is 31.2 Å². The van der Waals surface area contributed by atoms with E-state index >= 15 is 0 Å². The molecule has 5 nitrogen and oxygen atoms in total. The Hall–Kier alpha value is -2.50. The van der Waals surface area contributed by atoms with Crippen molar-refractivity contribution < 1.29 is 9.18 Å². The van der Waals surface area contributed by atoms with Crippen LogP contribution in [0.25, 0.3) is 0 Å². The smallest absolute Gasteiger partial charge is 0.227 e. The van der Waals surface area contributed by atoms with Crippen LogP contribution in [0.15, 0.2) is 30.6 Å². The van der Waals surface area contributed by atoms with Gasteiger partial charge in [0.2, 0.25) is 5.91 Å². The molecule has 23 heavy (non-hydrogen) atoms. The summed E-state index contributed by atoms with van der Waals surface area (Å²) in [5.41, 5.74) is 2.27. The summed E-state index contributed by atoms with van der Waals surface area (Å²) in [4.78, 5) is 21.5. The van der Waals surface area contributed by atoms with Gasteiger partial charge in [0.25, 0.3) is 0 Å². The maximum atomic E-state index is 14.1. The zero-order valence-corrected chi connectivity index (χ0v) is 13.1. The van der Waals surface area contributed by atoms with E-state index in [4.69, 9.17) is 0 Å². The molecule has 0 radical (unpaired) electrons. The molecule has 0 spiro atoms. The van der Waals surface area contributed by atoms with Crippen molar-refractivity contribution in [2.24, 2.45) is 0 Å². The molecule has 1 aliphatic rings. The van der Waals surface area contributed by atoms with Crippen LogP contribution in [0, 0.1) is 5.82 Å². The number of carbonyl (C=O) groups excluding carboxylic acids is 1. The number of anilines is 2. The predicted molar refractivity (Wildman–Crippen MR) is 86.7 cm³/mol. The van der Waals surface area contributed by atoms with E-state index < -0.39 is 5.82 Å². The Morgan fingerprint density at radius 3 is 2.96 bits per heavy atom. The van der Waals surface area contributed by atoms with Crippen molar-refractivity contribution in [3.8, 4) is 0 Å². The highest BCUT2D eigenvalue weighted by Crippen LogP contribution is 2.23. The van der Waals surface area contributed by atoms with Gasteiger partial charge >= 0.3 is 0 Å². The monoisotopic (exact) mass is 314 g/mol. The van der Waals surface area contributed by atoms with Gasteiger partial charge in [-0.25, -0.2) is 14.4 Å². The number of carbonyl (C=O) groups is 1. The van der Waals surface area contributed by atoms with Crippen molar-refractivity contribution in [2.45, 2.75) is 32.7 Å². The Labute approximate surface area is 134 Å². The molecule has 6 heteroatoms. The van der Waals surface area contributed by atoms with Crippen LogP contribution in [0.2, 0.25) is 0 Å². The zero-order valence-electron chi connectivity index (χ0n) is 13.1. The van der Waals surface area contributed by atoms with Gasteiger partial charge in [0, 0.05) is 25.2 Å². The number of nitrogens with one attached hydrogen (secondary N) is 1. The standard InChI is InChI=1S/C17H19FN4O/c1-2-14-16(18)17(21-11-20-14)19-10-12-5-3-6-13(9-12)22-8-4-7-15(22)23/h3,5-6,9,11H,2,4,7-8,10H2,1H3,(H,19,20,21). The number of benzene rings is 1. The summed E-state index contributed by atoms with van der Waals surface area (Å²) in [6.45, 7) is 3.05. The lowest BCUT2D eigenvalue weighted by molar-refractivity contribution is -0.117. The zero-order chi connectivity index (χ0) is 16.2. The van der Waals surface area contributed by atoms with Crippen molar-refractivity contribution in [3.05, 3.63) is 47.7 Å². The van der Waals surface area contributed by atoms with Crippen molar-refractivity contribution in [1.82, 2.24) is 9.97 Å².